The minimum absolute atomic E-state index is 0.0207. The van der Waals surface area contributed by atoms with Gasteiger partial charge in [0.05, 0.1) is 10.2 Å². The first-order valence-electron chi connectivity index (χ1n) is 9.69. The highest BCUT2D eigenvalue weighted by atomic mass is 32.1. The summed E-state index contributed by atoms with van der Waals surface area (Å²) in [6.45, 7) is 4.94. The molecular formula is C22H25N3OS. The molecule has 0 aliphatic carbocycles. The Morgan fingerprint density at radius 2 is 1.93 bits per heavy atom. The number of thiazole rings is 1. The highest BCUT2D eigenvalue weighted by Gasteiger charge is 2.16. The van der Waals surface area contributed by atoms with Crippen LogP contribution in [0.2, 0.25) is 0 Å². The van der Waals surface area contributed by atoms with Crippen LogP contribution in [0, 0.1) is 0 Å². The third kappa shape index (κ3) is 4.14. The van der Waals surface area contributed by atoms with Crippen LogP contribution in [0.15, 0.2) is 48.5 Å². The predicted molar refractivity (Wildman–Crippen MR) is 113 cm³/mol. The summed E-state index contributed by atoms with van der Waals surface area (Å²) in [4.78, 5) is 19.7. The summed E-state index contributed by atoms with van der Waals surface area (Å²) in [5.74, 6) is 0.264. The minimum atomic E-state index is -0.0207. The molecule has 4 nitrogen and oxygen atoms in total. The molecule has 2 heterocycles. The Bertz CT molecular complexity index is 916. The summed E-state index contributed by atoms with van der Waals surface area (Å²) in [7, 11) is 0. The first-order valence-corrected chi connectivity index (χ1v) is 10.5. The average molecular weight is 380 g/mol. The summed E-state index contributed by atoms with van der Waals surface area (Å²) in [6, 6.07) is 16.1. The second-order valence-corrected chi connectivity index (χ2v) is 8.26. The van der Waals surface area contributed by atoms with Crippen molar-refractivity contribution in [1.82, 2.24) is 10.3 Å². The highest BCUT2D eigenvalue weighted by Crippen LogP contribution is 2.31. The van der Waals surface area contributed by atoms with E-state index in [1.54, 1.807) is 11.3 Å². The Morgan fingerprint density at radius 3 is 2.70 bits per heavy atom. The van der Waals surface area contributed by atoms with Gasteiger partial charge < -0.3 is 10.2 Å². The van der Waals surface area contributed by atoms with E-state index in [2.05, 4.69) is 29.3 Å². The first kappa shape index (κ1) is 18.0. The van der Waals surface area contributed by atoms with E-state index in [1.807, 2.05) is 36.4 Å². The molecule has 4 rings (SSSR count). The number of piperidine rings is 1. The third-order valence-corrected chi connectivity index (χ3v) is 6.28. The first-order chi connectivity index (χ1) is 13.2. The van der Waals surface area contributed by atoms with Crippen LogP contribution in [0.3, 0.4) is 0 Å². The van der Waals surface area contributed by atoms with Crippen molar-refractivity contribution in [2.75, 3.05) is 24.5 Å². The number of amides is 1. The highest BCUT2D eigenvalue weighted by molar-refractivity contribution is 7.22. The van der Waals surface area contributed by atoms with Gasteiger partial charge in [0, 0.05) is 25.2 Å². The molecule has 1 saturated heterocycles. The fourth-order valence-corrected chi connectivity index (χ4v) is 4.58. The number of hydrogen-bond donors (Lipinski definition) is 1. The standard InChI is InChI=1S/C22H25N3OS/c1-16(17-8-4-2-5-9-17)15-23-21(26)18-10-11-19-20(14-18)27-22(24-19)25-12-6-3-7-13-25/h2,4-5,8-11,14,16H,3,6-7,12-13,15H2,1H3,(H,23,26)/t16-/m1/s1. The SMILES string of the molecule is C[C@H](CNC(=O)c1ccc2nc(N3CCCCC3)sc2c1)c1ccccc1. The van der Waals surface area contributed by atoms with Gasteiger partial charge in [-0.15, -0.1) is 0 Å². The predicted octanol–water partition coefficient (Wildman–Crippen LogP) is 4.82. The van der Waals surface area contributed by atoms with Gasteiger partial charge in [-0.2, -0.15) is 0 Å². The van der Waals surface area contributed by atoms with Gasteiger partial charge in [0.15, 0.2) is 5.13 Å². The van der Waals surface area contributed by atoms with Gasteiger partial charge in [-0.25, -0.2) is 4.98 Å². The van der Waals surface area contributed by atoms with E-state index < -0.39 is 0 Å². The lowest BCUT2D eigenvalue weighted by molar-refractivity contribution is 0.0952. The van der Waals surface area contributed by atoms with Crippen molar-refractivity contribution < 1.29 is 4.79 Å². The molecule has 3 aromatic rings. The zero-order valence-electron chi connectivity index (χ0n) is 15.6. The summed E-state index contributed by atoms with van der Waals surface area (Å²) >= 11 is 1.69. The molecule has 2 aromatic carbocycles. The number of anilines is 1. The lowest BCUT2D eigenvalue weighted by atomic mass is 10.0. The molecule has 1 atom stereocenters. The number of carbonyl (C=O) groups is 1. The maximum atomic E-state index is 12.6. The van der Waals surface area contributed by atoms with E-state index in [4.69, 9.17) is 4.98 Å². The van der Waals surface area contributed by atoms with Crippen molar-refractivity contribution in [1.29, 1.82) is 0 Å². The lowest BCUT2D eigenvalue weighted by Gasteiger charge is -2.25. The second-order valence-electron chi connectivity index (χ2n) is 7.25. The lowest BCUT2D eigenvalue weighted by Crippen LogP contribution is -2.29. The maximum absolute atomic E-state index is 12.6. The van der Waals surface area contributed by atoms with Crippen molar-refractivity contribution in [2.45, 2.75) is 32.1 Å². The number of hydrogen-bond acceptors (Lipinski definition) is 4. The maximum Gasteiger partial charge on any atom is 0.251 e. The van der Waals surface area contributed by atoms with E-state index in [-0.39, 0.29) is 11.8 Å². The van der Waals surface area contributed by atoms with Gasteiger partial charge in [0.1, 0.15) is 0 Å². The Morgan fingerprint density at radius 1 is 1.15 bits per heavy atom. The van der Waals surface area contributed by atoms with Gasteiger partial charge in [0.2, 0.25) is 0 Å². The quantitative estimate of drug-likeness (QED) is 0.691. The molecule has 1 aromatic heterocycles. The van der Waals surface area contributed by atoms with E-state index >= 15 is 0 Å². The van der Waals surface area contributed by atoms with Crippen molar-refractivity contribution in [3.63, 3.8) is 0 Å². The summed E-state index contributed by atoms with van der Waals surface area (Å²) in [5.41, 5.74) is 2.92. The van der Waals surface area contributed by atoms with E-state index in [0.29, 0.717) is 12.1 Å². The summed E-state index contributed by atoms with van der Waals surface area (Å²) in [6.07, 6.45) is 3.79. The molecule has 1 N–H and O–H groups in total. The number of benzene rings is 2. The smallest absolute Gasteiger partial charge is 0.251 e. The number of nitrogens with one attached hydrogen (secondary N) is 1. The van der Waals surface area contributed by atoms with Crippen LogP contribution in [-0.2, 0) is 0 Å². The number of fused-ring (bicyclic) bond motifs is 1. The molecular weight excluding hydrogens is 354 g/mol. The van der Waals surface area contributed by atoms with Crippen molar-refractivity contribution in [3.8, 4) is 0 Å². The zero-order chi connectivity index (χ0) is 18.6. The number of rotatable bonds is 5. The molecule has 27 heavy (non-hydrogen) atoms. The fourth-order valence-electron chi connectivity index (χ4n) is 3.52. The Kier molecular flexibility index (Phi) is 5.39. The van der Waals surface area contributed by atoms with Crippen LogP contribution in [-0.4, -0.2) is 30.5 Å². The van der Waals surface area contributed by atoms with Crippen LogP contribution >= 0.6 is 11.3 Å². The van der Waals surface area contributed by atoms with E-state index in [0.717, 1.165) is 28.4 Å². The van der Waals surface area contributed by atoms with E-state index in [1.165, 1.54) is 24.8 Å². The topological polar surface area (TPSA) is 45.2 Å². The average Bonchev–Trinajstić information content (AvgIpc) is 3.16. The fraction of sp³-hybridized carbons (Fsp3) is 0.364. The molecule has 0 radical (unpaired) electrons. The molecule has 1 amide bonds. The Balaban J connectivity index is 1.44. The number of aromatic nitrogens is 1. The summed E-state index contributed by atoms with van der Waals surface area (Å²) < 4.78 is 1.08. The molecule has 0 spiro atoms. The van der Waals surface area contributed by atoms with Gasteiger partial charge in [-0.05, 0) is 48.9 Å². The van der Waals surface area contributed by atoms with Crippen LogP contribution in [0.4, 0.5) is 5.13 Å². The summed E-state index contributed by atoms with van der Waals surface area (Å²) in [5, 5.41) is 4.15. The van der Waals surface area contributed by atoms with Gasteiger partial charge in [0.25, 0.3) is 5.91 Å². The monoisotopic (exact) mass is 379 g/mol. The number of nitrogens with zero attached hydrogens (tertiary/aromatic N) is 2. The van der Waals surface area contributed by atoms with Crippen molar-refractivity contribution in [3.05, 3.63) is 59.7 Å². The molecule has 1 fully saturated rings. The molecule has 140 valence electrons. The zero-order valence-corrected chi connectivity index (χ0v) is 16.5. The molecule has 1 aliphatic rings. The third-order valence-electron chi connectivity index (χ3n) is 5.20. The van der Waals surface area contributed by atoms with Crippen LogP contribution in [0.5, 0.6) is 0 Å². The minimum Gasteiger partial charge on any atom is -0.351 e. The van der Waals surface area contributed by atoms with Crippen molar-refractivity contribution >= 4 is 32.6 Å². The molecule has 5 heteroatoms. The van der Waals surface area contributed by atoms with Crippen LogP contribution < -0.4 is 10.2 Å². The molecule has 0 saturated carbocycles. The molecule has 0 unspecified atom stereocenters. The Labute approximate surface area is 164 Å². The van der Waals surface area contributed by atoms with E-state index in [9.17, 15) is 4.79 Å². The Hall–Kier alpha value is -2.40. The van der Waals surface area contributed by atoms with Crippen LogP contribution in [0.1, 0.15) is 48.0 Å². The van der Waals surface area contributed by atoms with Gasteiger partial charge in [-0.1, -0.05) is 48.6 Å². The second kappa shape index (κ2) is 8.09. The van der Waals surface area contributed by atoms with Crippen LogP contribution in [0.25, 0.3) is 10.2 Å². The van der Waals surface area contributed by atoms with Gasteiger partial charge >= 0.3 is 0 Å². The van der Waals surface area contributed by atoms with Gasteiger partial charge in [-0.3, -0.25) is 4.79 Å². The number of carbonyl (C=O) groups excluding carboxylic acids is 1. The largest absolute Gasteiger partial charge is 0.351 e. The molecule has 0 bridgehead atoms. The van der Waals surface area contributed by atoms with Crippen molar-refractivity contribution in [2.24, 2.45) is 0 Å². The molecule has 1 aliphatic heterocycles. The normalized spacial score (nSPS) is 15.7.